The molecule has 3 aromatic rings. The van der Waals surface area contributed by atoms with Crippen molar-refractivity contribution in [1.82, 2.24) is 31.3 Å². The Labute approximate surface area is 277 Å². The molecule has 4 heterocycles. The van der Waals surface area contributed by atoms with Crippen molar-refractivity contribution in [2.45, 2.75) is 50.4 Å². The normalized spacial score (nSPS) is 19.0. The van der Waals surface area contributed by atoms with Gasteiger partial charge in [-0.05, 0) is 70.1 Å². The minimum atomic E-state index is -5.01. The molecule has 8 N–H and O–H groups in total. The Morgan fingerprint density at radius 3 is 2.62 bits per heavy atom. The average Bonchev–Trinajstić information content (AvgIpc) is 3.47. The minimum absolute atomic E-state index is 0.0382. The van der Waals surface area contributed by atoms with Crippen molar-refractivity contribution in [1.29, 1.82) is 0 Å². The zero-order valence-corrected chi connectivity index (χ0v) is 27.2. The Bertz CT molecular complexity index is 1830. The second-order valence-electron chi connectivity index (χ2n) is 11.3. The summed E-state index contributed by atoms with van der Waals surface area (Å²) in [5, 5.41) is 25.3. The first-order valence-electron chi connectivity index (χ1n) is 14.5. The van der Waals surface area contributed by atoms with E-state index >= 15 is 0 Å². The number of hydrogen-bond acceptors (Lipinski definition) is 16. The van der Waals surface area contributed by atoms with Gasteiger partial charge in [-0.15, -0.1) is 20.7 Å². The Balaban J connectivity index is 1.21. The predicted octanol–water partition coefficient (Wildman–Crippen LogP) is 0.0349. The molecule has 2 aliphatic heterocycles. The van der Waals surface area contributed by atoms with Gasteiger partial charge in [0.05, 0.1) is 11.1 Å². The lowest BCUT2D eigenvalue weighted by Gasteiger charge is -2.50. The third-order valence-corrected chi connectivity index (χ3v) is 8.49. The van der Waals surface area contributed by atoms with Crippen molar-refractivity contribution in [3.63, 3.8) is 0 Å². The van der Waals surface area contributed by atoms with E-state index in [-0.39, 0.29) is 10.8 Å². The third kappa shape index (κ3) is 8.24. The molecule has 21 heteroatoms. The van der Waals surface area contributed by atoms with Gasteiger partial charge in [-0.1, -0.05) is 0 Å². The molecule has 0 aliphatic carbocycles. The highest BCUT2D eigenvalue weighted by Crippen LogP contribution is 2.33. The lowest BCUT2D eigenvalue weighted by atomic mass is 9.84. The molecule has 0 spiro atoms. The number of nitrogens with one attached hydrogen (secondary N) is 4. The maximum atomic E-state index is 13.2. The van der Waals surface area contributed by atoms with E-state index in [1.54, 1.807) is 18.2 Å². The number of pyridine rings is 1. The summed E-state index contributed by atoms with van der Waals surface area (Å²) in [4.78, 5) is 51.4. The number of hydroxylamine groups is 2. The number of carboxylic acid groups (broad SMARTS) is 1. The van der Waals surface area contributed by atoms with Crippen LogP contribution in [0.1, 0.15) is 32.4 Å². The maximum Gasteiger partial charge on any atom is 0.418 e. The Hall–Kier alpha value is -4.67. The molecule has 0 unspecified atom stereocenters. The molecule has 0 bridgehead atoms. The van der Waals surface area contributed by atoms with Crippen molar-refractivity contribution in [3.05, 3.63) is 41.4 Å². The summed E-state index contributed by atoms with van der Waals surface area (Å²) in [6.07, 6.45) is 0.413. The van der Waals surface area contributed by atoms with E-state index < -0.39 is 58.2 Å². The molecule has 2 amide bonds. The van der Waals surface area contributed by atoms with E-state index in [1.807, 2.05) is 12.1 Å². The highest BCUT2D eigenvalue weighted by atomic mass is 32.3. The zero-order chi connectivity index (χ0) is 34.6. The van der Waals surface area contributed by atoms with Gasteiger partial charge < -0.3 is 31.5 Å². The molecule has 2 fully saturated rings. The number of anilines is 2. The third-order valence-electron chi connectivity index (χ3n) is 7.48. The molecule has 0 radical (unpaired) electrons. The number of rotatable bonds is 14. The molecule has 0 saturated carbocycles. The lowest BCUT2D eigenvalue weighted by Crippen LogP contribution is -2.76. The number of nitrogens with two attached hydrogens (primary N) is 1. The smallest absolute Gasteiger partial charge is 0.418 e. The van der Waals surface area contributed by atoms with E-state index in [2.05, 4.69) is 40.9 Å². The fourth-order valence-corrected chi connectivity index (χ4v) is 5.95. The number of hydrazone groups is 1. The van der Waals surface area contributed by atoms with Crippen LogP contribution in [0.25, 0.3) is 10.9 Å². The molecule has 2 aliphatic rings. The highest BCUT2D eigenvalue weighted by molar-refractivity contribution is 7.80. The van der Waals surface area contributed by atoms with Gasteiger partial charge in [-0.2, -0.15) is 19.1 Å². The maximum absolute atomic E-state index is 13.2. The molecule has 19 nitrogen and oxygen atoms in total. The SMILES string of the molecule is CC1(C)[C@H](NC(=O)/C(=N\NO[C@@H](COc2ccc3nc(NC4CCNCC4)ccc3c2)C(=O)O)c2csc(N)n2)C(=O)N1OS(=O)(=O)O. The van der Waals surface area contributed by atoms with Crippen molar-refractivity contribution in [3.8, 4) is 5.75 Å². The lowest BCUT2D eigenvalue weighted by molar-refractivity contribution is -0.218. The highest BCUT2D eigenvalue weighted by Gasteiger charge is 2.58. The molecule has 5 rings (SSSR count). The predicted molar refractivity (Wildman–Crippen MR) is 171 cm³/mol. The molecule has 48 heavy (non-hydrogen) atoms. The van der Waals surface area contributed by atoms with Gasteiger partial charge in [0.2, 0.25) is 6.10 Å². The number of benzene rings is 1. The number of carbonyl (C=O) groups excluding carboxylic acids is 2. The number of piperidine rings is 1. The summed E-state index contributed by atoms with van der Waals surface area (Å²) >= 11 is 0.979. The van der Waals surface area contributed by atoms with Crippen LogP contribution in [0.3, 0.4) is 0 Å². The average molecular weight is 708 g/mol. The Morgan fingerprint density at radius 2 is 1.98 bits per heavy atom. The Kier molecular flexibility index (Phi) is 10.3. The van der Waals surface area contributed by atoms with E-state index in [9.17, 15) is 27.9 Å². The summed E-state index contributed by atoms with van der Waals surface area (Å²) in [6, 6.07) is 7.91. The molecular weight excluding hydrogens is 674 g/mol. The van der Waals surface area contributed by atoms with Crippen LogP contribution in [0.2, 0.25) is 0 Å². The number of β-lactam (4-membered cyclic amide) rings is 1. The van der Waals surface area contributed by atoms with Crippen LogP contribution in [0.15, 0.2) is 40.8 Å². The first-order valence-corrected chi connectivity index (χ1v) is 16.7. The number of nitrogens with zero attached hydrogens (tertiary/aromatic N) is 4. The van der Waals surface area contributed by atoms with Crippen LogP contribution in [0, 0.1) is 0 Å². The van der Waals surface area contributed by atoms with E-state index in [4.69, 9.17) is 19.9 Å². The first-order chi connectivity index (χ1) is 22.7. The number of nitrogen functional groups attached to an aromatic ring is 1. The molecule has 258 valence electrons. The topological polar surface area (TPSA) is 269 Å². The number of carboxylic acids is 1. The van der Waals surface area contributed by atoms with Crippen LogP contribution < -0.4 is 32.0 Å². The van der Waals surface area contributed by atoms with Crippen LogP contribution >= 0.6 is 11.3 Å². The zero-order valence-electron chi connectivity index (χ0n) is 25.6. The van der Waals surface area contributed by atoms with E-state index in [0.717, 1.165) is 54.0 Å². The molecule has 1 aromatic carbocycles. The first kappa shape index (κ1) is 34.7. The molecule has 2 aromatic heterocycles. The largest absolute Gasteiger partial charge is 0.490 e. The number of aliphatic carboxylic acids is 1. The van der Waals surface area contributed by atoms with Gasteiger partial charge in [-0.3, -0.25) is 14.1 Å². The minimum Gasteiger partial charge on any atom is -0.490 e. The molecule has 2 saturated heterocycles. The van der Waals surface area contributed by atoms with Gasteiger partial charge in [-0.25, -0.2) is 19.6 Å². The monoisotopic (exact) mass is 707 g/mol. The number of hydrogen-bond donors (Lipinski definition) is 7. The number of ether oxygens (including phenoxy) is 1. The van der Waals surface area contributed by atoms with Gasteiger partial charge in [0.1, 0.15) is 29.9 Å². The summed E-state index contributed by atoms with van der Waals surface area (Å²) < 4.78 is 41.1. The van der Waals surface area contributed by atoms with Crippen molar-refractivity contribution in [2.75, 3.05) is 30.7 Å². The van der Waals surface area contributed by atoms with Crippen LogP contribution in [0.5, 0.6) is 5.75 Å². The van der Waals surface area contributed by atoms with Gasteiger partial charge in [0.25, 0.3) is 11.8 Å². The standard InChI is InChI=1S/C27H33N9O10S2/c1-27(2)22(24(38)36(27)46-48(41,42)43)33-23(37)21(18-13-47-26(28)32-18)34-35-45-19(25(39)40)12-44-16-4-5-17-14(11-16)3-6-20(31-17)30-15-7-9-29-10-8-15/h3-6,11,13,15,19,22,29,35H,7-10,12H2,1-2H3,(H2,28,32)(H,30,31)(H,33,37)(H,39,40)(H,41,42,43)/b34-21-/t19-,22+/m0/s1. The summed E-state index contributed by atoms with van der Waals surface area (Å²) in [5.74, 6) is -2.23. The number of thiazole rings is 1. The van der Waals surface area contributed by atoms with Crippen molar-refractivity contribution in [2.24, 2.45) is 5.10 Å². The number of amides is 2. The second-order valence-corrected chi connectivity index (χ2v) is 13.2. The number of aromatic nitrogens is 2. The fourth-order valence-electron chi connectivity index (χ4n) is 4.95. The summed E-state index contributed by atoms with van der Waals surface area (Å²) in [7, 11) is -5.01. The quantitative estimate of drug-likeness (QED) is 0.0504. The summed E-state index contributed by atoms with van der Waals surface area (Å²) in [5.41, 5.74) is 6.61. The molecule has 2 atom stereocenters. The number of fused-ring (bicyclic) bond motifs is 1. The van der Waals surface area contributed by atoms with Crippen molar-refractivity contribution < 1.29 is 46.3 Å². The molecular formula is C27H33N9O10S2. The Morgan fingerprint density at radius 1 is 1.23 bits per heavy atom. The van der Waals surface area contributed by atoms with Gasteiger partial charge >= 0.3 is 16.4 Å². The van der Waals surface area contributed by atoms with Crippen LogP contribution in [-0.2, 0) is 33.9 Å². The van der Waals surface area contributed by atoms with Crippen LogP contribution in [0.4, 0.5) is 10.9 Å². The van der Waals surface area contributed by atoms with E-state index in [0.29, 0.717) is 16.9 Å². The van der Waals surface area contributed by atoms with E-state index in [1.165, 1.54) is 19.2 Å². The summed E-state index contributed by atoms with van der Waals surface area (Å²) in [6.45, 7) is 4.19. The fraction of sp³-hybridized carbons (Fsp3) is 0.407. The van der Waals surface area contributed by atoms with Gasteiger partial charge in [0, 0.05) is 16.8 Å². The van der Waals surface area contributed by atoms with Crippen LogP contribution in [-0.4, -0.2) is 100 Å². The van der Waals surface area contributed by atoms with Gasteiger partial charge in [0.15, 0.2) is 10.8 Å². The van der Waals surface area contributed by atoms with Crippen molar-refractivity contribution >= 4 is 67.1 Å². The number of carbonyl (C=O) groups is 3. The second kappa shape index (κ2) is 14.2.